The molecule has 1 aromatic heterocycles. The molecule has 0 spiro atoms. The highest BCUT2D eigenvalue weighted by molar-refractivity contribution is 6.05. The molecule has 1 unspecified atom stereocenters. The van der Waals surface area contributed by atoms with Crippen molar-refractivity contribution < 1.29 is 24.5 Å². The van der Waals surface area contributed by atoms with Gasteiger partial charge in [-0.15, -0.1) is 0 Å². The predicted octanol–water partition coefficient (Wildman–Crippen LogP) is -1.69. The zero-order valence-electron chi connectivity index (χ0n) is 7.84. The molecule has 0 amide bonds. The van der Waals surface area contributed by atoms with Crippen molar-refractivity contribution >= 4 is 5.71 Å². The van der Waals surface area contributed by atoms with Gasteiger partial charge in [0.2, 0.25) is 11.8 Å². The summed E-state index contributed by atoms with van der Waals surface area (Å²) in [6.45, 7) is 0. The topological polar surface area (TPSA) is 165 Å². The van der Waals surface area contributed by atoms with Crippen LogP contribution in [0.3, 0.4) is 0 Å². The van der Waals surface area contributed by atoms with Crippen LogP contribution >= 0.6 is 0 Å². The van der Waals surface area contributed by atoms with Gasteiger partial charge in [0.05, 0.1) is 16.2 Å². The van der Waals surface area contributed by atoms with Gasteiger partial charge in [0.15, 0.2) is 0 Å². The highest BCUT2D eigenvalue weighted by Crippen LogP contribution is 2.27. The summed E-state index contributed by atoms with van der Waals surface area (Å²) in [6, 6.07) is 0. The summed E-state index contributed by atoms with van der Waals surface area (Å²) in [5.41, 5.74) is -2.87. The summed E-state index contributed by atoms with van der Waals surface area (Å²) in [4.78, 5) is 8.26. The predicted molar refractivity (Wildman–Crippen MR) is 46.6 cm³/mol. The molecule has 90 valence electrons. The van der Waals surface area contributed by atoms with Crippen molar-refractivity contribution in [3.63, 3.8) is 0 Å². The lowest BCUT2D eigenvalue weighted by Gasteiger charge is -2.11. The second kappa shape index (κ2) is 3.41. The SMILES string of the molecule is O=[N+]([O-])C1=CC(=[N+]([O-])[O-])c2no[n+]([O-])c2C1O. The molecular formula is C6H3N4O7-. The molecule has 0 bridgehead atoms. The van der Waals surface area contributed by atoms with Crippen molar-refractivity contribution in [1.29, 1.82) is 0 Å². The molecule has 17 heavy (non-hydrogen) atoms. The van der Waals surface area contributed by atoms with Crippen LogP contribution in [0.25, 0.3) is 0 Å². The Labute approximate surface area is 91.3 Å². The Morgan fingerprint density at radius 3 is 2.65 bits per heavy atom. The molecule has 0 saturated heterocycles. The fourth-order valence-electron chi connectivity index (χ4n) is 1.38. The van der Waals surface area contributed by atoms with E-state index in [1.54, 1.807) is 0 Å². The summed E-state index contributed by atoms with van der Waals surface area (Å²) in [7, 11) is 0. The van der Waals surface area contributed by atoms with Crippen molar-refractivity contribution in [3.05, 3.63) is 48.9 Å². The summed E-state index contributed by atoms with van der Waals surface area (Å²) in [6.07, 6.45) is -1.39. The fraction of sp³-hybridized carbons (Fsp3) is 0.167. The number of nitro groups is 1. The van der Waals surface area contributed by atoms with Gasteiger partial charge in [-0.3, -0.25) is 14.7 Å². The highest BCUT2D eigenvalue weighted by atomic mass is 16.8. The fourth-order valence-corrected chi connectivity index (χ4v) is 1.38. The number of aliphatic hydroxyl groups excluding tert-OH is 1. The molecule has 1 atom stereocenters. The number of rotatable bonds is 1. The first-order valence-corrected chi connectivity index (χ1v) is 4.09. The van der Waals surface area contributed by atoms with Crippen molar-refractivity contribution in [2.75, 3.05) is 0 Å². The first-order chi connectivity index (χ1) is 7.93. The van der Waals surface area contributed by atoms with E-state index in [2.05, 4.69) is 9.79 Å². The number of fused-ring (bicyclic) bond motifs is 1. The third-order valence-corrected chi connectivity index (χ3v) is 2.12. The lowest BCUT2D eigenvalue weighted by molar-refractivity contribution is -0.810. The minimum atomic E-state index is -1.92. The Hall–Kier alpha value is -2.69. The van der Waals surface area contributed by atoms with Gasteiger partial charge in [0.25, 0.3) is 11.4 Å². The van der Waals surface area contributed by atoms with Crippen LogP contribution in [0.5, 0.6) is 0 Å². The van der Waals surface area contributed by atoms with E-state index < -0.39 is 38.7 Å². The maximum atomic E-state index is 11.1. The summed E-state index contributed by atoms with van der Waals surface area (Å²) >= 11 is 0. The van der Waals surface area contributed by atoms with Gasteiger partial charge in [-0.1, -0.05) is 0 Å². The van der Waals surface area contributed by atoms with Gasteiger partial charge in [0, 0.05) is 0 Å². The van der Waals surface area contributed by atoms with E-state index in [-0.39, 0.29) is 4.90 Å². The van der Waals surface area contributed by atoms with E-state index in [0.717, 1.165) is 0 Å². The van der Waals surface area contributed by atoms with Crippen LogP contribution in [0.15, 0.2) is 16.4 Å². The van der Waals surface area contributed by atoms with Crippen LogP contribution < -0.4 is 4.90 Å². The molecule has 0 radical (unpaired) electrons. The van der Waals surface area contributed by atoms with Crippen LogP contribution in [-0.4, -0.2) is 25.8 Å². The van der Waals surface area contributed by atoms with Crippen molar-refractivity contribution in [2.45, 2.75) is 6.10 Å². The Morgan fingerprint density at radius 2 is 2.12 bits per heavy atom. The number of nitrogens with zero attached hydrogens (tertiary/aromatic N) is 4. The van der Waals surface area contributed by atoms with E-state index in [1.807, 2.05) is 0 Å². The molecule has 1 aromatic rings. The van der Waals surface area contributed by atoms with Crippen molar-refractivity contribution in [3.8, 4) is 0 Å². The summed E-state index contributed by atoms with van der Waals surface area (Å²) < 4.78 is 4.07. The summed E-state index contributed by atoms with van der Waals surface area (Å²) in [5.74, 6) is 0. The maximum absolute atomic E-state index is 11.1. The minimum Gasteiger partial charge on any atom is -0.612 e. The zero-order valence-corrected chi connectivity index (χ0v) is 7.84. The van der Waals surface area contributed by atoms with E-state index >= 15 is 0 Å². The largest absolute Gasteiger partial charge is 0.612 e. The minimum absolute atomic E-state index is 0.306. The molecule has 1 heterocycles. The molecule has 0 aliphatic heterocycles. The van der Waals surface area contributed by atoms with Crippen molar-refractivity contribution in [1.82, 2.24) is 5.16 Å². The van der Waals surface area contributed by atoms with E-state index in [0.29, 0.717) is 6.08 Å². The van der Waals surface area contributed by atoms with Crippen LogP contribution in [0.1, 0.15) is 17.5 Å². The first-order valence-electron chi connectivity index (χ1n) is 4.09. The number of hydrogen-bond acceptors (Lipinski definition) is 8. The lowest BCUT2D eigenvalue weighted by Crippen LogP contribution is -2.35. The van der Waals surface area contributed by atoms with Gasteiger partial charge in [-0.2, -0.15) is 4.90 Å². The van der Waals surface area contributed by atoms with E-state index in [9.17, 15) is 30.8 Å². The second-order valence-electron chi connectivity index (χ2n) is 3.04. The molecule has 2 rings (SSSR count). The number of aliphatic hydroxyl groups is 1. The number of allylic oxidation sites excluding steroid dienone is 1. The van der Waals surface area contributed by atoms with E-state index in [1.165, 1.54) is 0 Å². The molecule has 1 N–H and O–H groups in total. The van der Waals surface area contributed by atoms with Crippen molar-refractivity contribution in [2.24, 2.45) is 0 Å². The van der Waals surface area contributed by atoms with Crippen LogP contribution in [0.4, 0.5) is 0 Å². The van der Waals surface area contributed by atoms with E-state index in [4.69, 9.17) is 0 Å². The quantitative estimate of drug-likeness (QED) is 0.346. The molecule has 11 heteroatoms. The zero-order chi connectivity index (χ0) is 12.7. The highest BCUT2D eigenvalue weighted by Gasteiger charge is 2.45. The molecule has 1 aliphatic carbocycles. The molecule has 0 fully saturated rings. The monoisotopic (exact) mass is 243 g/mol. The van der Waals surface area contributed by atoms with Crippen LogP contribution in [0, 0.1) is 25.7 Å². The standard InChI is InChI=1S/C6H3N4O7/c11-6-3(9(14)15)1-2(8(12)13)4-5(6)10(16)17-7-4/h1,6,11H/q-1. The molecule has 0 aromatic carbocycles. The maximum Gasteiger partial charge on any atom is 0.320 e. The second-order valence-corrected chi connectivity index (χ2v) is 3.04. The third-order valence-electron chi connectivity index (χ3n) is 2.12. The summed E-state index contributed by atoms with van der Waals surface area (Å²) in [5, 5.41) is 55.4. The van der Waals surface area contributed by atoms with Gasteiger partial charge in [0.1, 0.15) is 0 Å². The Balaban J connectivity index is 2.71. The number of hydrogen-bond donors (Lipinski definition) is 1. The third kappa shape index (κ3) is 1.45. The Kier molecular flexibility index (Phi) is 2.17. The normalized spacial score (nSPS) is 18.5. The Bertz CT molecular complexity index is 555. The smallest absolute Gasteiger partial charge is 0.320 e. The first kappa shape index (κ1) is 10.8. The average molecular weight is 243 g/mol. The van der Waals surface area contributed by atoms with Gasteiger partial charge >= 0.3 is 5.69 Å². The molecule has 0 saturated carbocycles. The van der Waals surface area contributed by atoms with Crippen LogP contribution in [0.2, 0.25) is 0 Å². The van der Waals surface area contributed by atoms with Gasteiger partial charge in [-0.25, -0.2) is 0 Å². The average Bonchev–Trinajstić information content (AvgIpc) is 2.61. The molecule has 1 aliphatic rings. The number of aromatic nitrogens is 2. The van der Waals surface area contributed by atoms with Gasteiger partial charge in [-0.05, 0) is 4.90 Å². The van der Waals surface area contributed by atoms with Crippen LogP contribution in [-0.2, 0) is 0 Å². The lowest BCUT2D eigenvalue weighted by atomic mass is 10.0. The van der Waals surface area contributed by atoms with Gasteiger partial charge < -0.3 is 20.7 Å². The molecule has 11 nitrogen and oxygen atoms in total. The Morgan fingerprint density at radius 1 is 1.47 bits per heavy atom. The molecular weight excluding hydrogens is 240 g/mol.